The monoisotopic (exact) mass is 687 g/mol. The molecule has 1 aromatic carbocycles. The number of rotatable bonds is 18. The third kappa shape index (κ3) is 7.36. The number of hydrogen-bond donors (Lipinski definition) is 2. The number of alkyl halides is 1. The lowest BCUT2D eigenvalue weighted by atomic mass is 9.70. The van der Waals surface area contributed by atoms with Crippen LogP contribution in [0.4, 0.5) is 0 Å². The molecule has 0 aliphatic carbocycles. The molecule has 3 fully saturated rings. The first-order valence-electron chi connectivity index (χ1n) is 16.0. The summed E-state index contributed by atoms with van der Waals surface area (Å²) in [7, 11) is 0. The lowest BCUT2D eigenvalue weighted by Crippen LogP contribution is -2.57. The second-order valence-electron chi connectivity index (χ2n) is 12.0. The summed E-state index contributed by atoms with van der Waals surface area (Å²) in [6, 6.07) is 8.19. The molecule has 45 heavy (non-hydrogen) atoms. The van der Waals surface area contributed by atoms with E-state index in [9.17, 15) is 24.3 Å². The highest BCUT2D eigenvalue weighted by molar-refractivity contribution is 9.09. The summed E-state index contributed by atoms with van der Waals surface area (Å²) in [5, 5.41) is 12.5. The molecule has 3 aliphatic rings. The third-order valence-electron chi connectivity index (χ3n) is 9.04. The van der Waals surface area contributed by atoms with Crippen molar-refractivity contribution >= 4 is 39.6 Å². The number of nitrogens with one attached hydrogen (secondary N) is 1. The van der Waals surface area contributed by atoms with Crippen LogP contribution in [0.25, 0.3) is 0 Å². The number of halogens is 1. The number of benzene rings is 1. The number of unbranched alkanes of at least 4 members (excludes halogenated alkanes) is 2. The number of aliphatic hydroxyl groups excluding tert-OH is 1. The zero-order valence-electron chi connectivity index (χ0n) is 26.1. The van der Waals surface area contributed by atoms with Gasteiger partial charge >= 0.3 is 5.97 Å². The van der Waals surface area contributed by atoms with E-state index in [1.54, 1.807) is 17.1 Å². The smallest absolute Gasteiger partial charge is 0.313 e. The van der Waals surface area contributed by atoms with Crippen LogP contribution in [0.5, 0.6) is 0 Å². The Kier molecular flexibility index (Phi) is 12.4. The first-order valence-corrected chi connectivity index (χ1v) is 16.9. The number of carbonyl (C=O) groups excluding carboxylic acids is 4. The van der Waals surface area contributed by atoms with E-state index in [1.807, 2.05) is 30.3 Å². The molecule has 1 unspecified atom stereocenters. The van der Waals surface area contributed by atoms with Crippen LogP contribution in [0.15, 0.2) is 55.6 Å². The quantitative estimate of drug-likeness (QED) is 0.104. The van der Waals surface area contributed by atoms with E-state index in [2.05, 4.69) is 41.3 Å². The van der Waals surface area contributed by atoms with Gasteiger partial charge in [0.1, 0.15) is 17.7 Å². The molecular formula is C34H46BrN3O7. The van der Waals surface area contributed by atoms with Crippen LogP contribution in [0.2, 0.25) is 0 Å². The molecule has 3 saturated heterocycles. The van der Waals surface area contributed by atoms with E-state index in [0.717, 1.165) is 19.3 Å². The molecule has 2 bridgehead atoms. The maximum Gasteiger partial charge on any atom is 0.313 e. The molecule has 3 amide bonds. The standard InChI is InChI=1S/C34H46BrN3O7/c1-4-7-12-18-37(17-6-3)32(42)30-34-21-24(35)29(45-34)27(28(34)31(41)38(30)19-13-20-39)33(43)44-25(23-14-10-9-11-15-23)22-36-26(40)16-8-5-2/h5-6,9-11,14-15,24-25,27-30,39H,2-4,7-8,12-13,16-22H2,1H3,(H,36,40)/t24?,25-,27+,28-,29+,30+,34-/m0/s1. The number of likely N-dealkylation sites (tertiary alicyclic amines) is 1. The minimum Gasteiger partial charge on any atom is -0.455 e. The van der Waals surface area contributed by atoms with Crippen molar-refractivity contribution in [3.05, 3.63) is 61.2 Å². The first-order chi connectivity index (χ1) is 21.7. The normalized spacial score (nSPS) is 27.1. The molecule has 11 heteroatoms. The highest BCUT2D eigenvalue weighted by Gasteiger charge is 2.77. The summed E-state index contributed by atoms with van der Waals surface area (Å²) in [5.74, 6) is -3.26. The highest BCUT2D eigenvalue weighted by atomic mass is 79.9. The van der Waals surface area contributed by atoms with Crippen molar-refractivity contribution in [1.29, 1.82) is 0 Å². The second kappa shape index (κ2) is 16.0. The Labute approximate surface area is 274 Å². The Balaban J connectivity index is 1.63. The molecule has 0 aromatic heterocycles. The fourth-order valence-corrected chi connectivity index (χ4v) is 7.92. The minimum atomic E-state index is -1.22. The van der Waals surface area contributed by atoms with Gasteiger partial charge in [0.25, 0.3) is 0 Å². The fraction of sp³-hybridized carbons (Fsp3) is 0.588. The summed E-state index contributed by atoms with van der Waals surface area (Å²) in [5.41, 5.74) is -0.524. The number of nitrogens with zero attached hydrogens (tertiary/aromatic N) is 2. The fourth-order valence-electron chi connectivity index (χ4n) is 6.97. The topological polar surface area (TPSA) is 125 Å². The lowest BCUT2D eigenvalue weighted by Gasteiger charge is -2.37. The Bertz CT molecular complexity index is 1230. The molecule has 10 nitrogen and oxygen atoms in total. The molecule has 3 aliphatic heterocycles. The van der Waals surface area contributed by atoms with Crippen molar-refractivity contribution in [2.75, 3.05) is 32.8 Å². The van der Waals surface area contributed by atoms with Crippen molar-refractivity contribution in [1.82, 2.24) is 15.1 Å². The van der Waals surface area contributed by atoms with Gasteiger partial charge in [0, 0.05) is 37.5 Å². The predicted molar refractivity (Wildman–Crippen MR) is 173 cm³/mol. The van der Waals surface area contributed by atoms with E-state index in [4.69, 9.17) is 9.47 Å². The number of amides is 3. The van der Waals surface area contributed by atoms with E-state index in [-0.39, 0.29) is 55.1 Å². The molecule has 1 spiro atoms. The van der Waals surface area contributed by atoms with Crippen molar-refractivity contribution in [2.45, 2.75) is 80.5 Å². The largest absolute Gasteiger partial charge is 0.455 e. The van der Waals surface area contributed by atoms with Gasteiger partial charge in [-0.1, -0.05) is 78.2 Å². The first kappa shape index (κ1) is 34.8. The van der Waals surface area contributed by atoms with Crippen molar-refractivity contribution in [3.8, 4) is 0 Å². The van der Waals surface area contributed by atoms with Gasteiger partial charge in [0.2, 0.25) is 17.7 Å². The number of carbonyl (C=O) groups is 4. The van der Waals surface area contributed by atoms with E-state index < -0.39 is 41.7 Å². The number of fused-ring (bicyclic) bond motifs is 1. The van der Waals surface area contributed by atoms with Crippen LogP contribution < -0.4 is 5.32 Å². The van der Waals surface area contributed by atoms with Gasteiger partial charge in [0.05, 0.1) is 24.5 Å². The Hall–Kier alpha value is -3.02. The Morgan fingerprint density at radius 3 is 2.64 bits per heavy atom. The SMILES string of the molecule is C=CCCC(=O)NC[C@H](OC(=O)[C@H]1[C@@H]2O[C@@]3(CC2Br)[C@@H]1C(=O)N(CCCO)[C@@H]3C(=O)N(CC=C)CCCCC)c1ccccc1. The molecule has 1 aromatic rings. The molecule has 2 N–H and O–H groups in total. The molecule has 3 heterocycles. The lowest BCUT2D eigenvalue weighted by molar-refractivity contribution is -0.160. The van der Waals surface area contributed by atoms with E-state index >= 15 is 0 Å². The van der Waals surface area contributed by atoms with E-state index in [0.29, 0.717) is 31.5 Å². The summed E-state index contributed by atoms with van der Waals surface area (Å²) in [6.07, 6.45) is 6.09. The van der Waals surface area contributed by atoms with Crippen LogP contribution in [-0.2, 0) is 28.7 Å². The zero-order valence-corrected chi connectivity index (χ0v) is 27.7. The summed E-state index contributed by atoms with van der Waals surface area (Å²) in [4.78, 5) is 58.0. The van der Waals surface area contributed by atoms with Gasteiger partial charge in [-0.2, -0.15) is 0 Å². The number of aliphatic hydroxyl groups is 1. The predicted octanol–water partition coefficient (Wildman–Crippen LogP) is 3.69. The van der Waals surface area contributed by atoms with Crippen LogP contribution >= 0.6 is 15.9 Å². The van der Waals surface area contributed by atoms with Gasteiger partial charge in [0.15, 0.2) is 0 Å². The maximum atomic E-state index is 14.3. The number of ether oxygens (including phenoxy) is 2. The van der Waals surface area contributed by atoms with Crippen LogP contribution in [0.1, 0.15) is 63.5 Å². The molecule has 246 valence electrons. The summed E-state index contributed by atoms with van der Waals surface area (Å²) in [6.45, 7) is 10.5. The maximum absolute atomic E-state index is 14.3. The van der Waals surface area contributed by atoms with Crippen LogP contribution in [0.3, 0.4) is 0 Å². The second-order valence-corrected chi connectivity index (χ2v) is 13.2. The minimum absolute atomic E-state index is 0.0590. The van der Waals surface area contributed by atoms with Gasteiger partial charge < -0.3 is 29.7 Å². The van der Waals surface area contributed by atoms with Crippen LogP contribution in [-0.4, -0.2) is 94.0 Å². The van der Waals surface area contributed by atoms with Crippen molar-refractivity contribution < 1.29 is 33.8 Å². The number of hydrogen-bond acceptors (Lipinski definition) is 7. The van der Waals surface area contributed by atoms with Gasteiger partial charge in [-0.05, 0) is 31.2 Å². The summed E-state index contributed by atoms with van der Waals surface area (Å²) >= 11 is 3.70. The zero-order chi connectivity index (χ0) is 32.6. The van der Waals surface area contributed by atoms with Gasteiger partial charge in [-0.3, -0.25) is 19.2 Å². The van der Waals surface area contributed by atoms with Gasteiger partial charge in [-0.25, -0.2) is 0 Å². The molecule has 4 rings (SSSR count). The molecule has 0 radical (unpaired) electrons. The number of allylic oxidation sites excluding steroid dienone is 1. The van der Waals surface area contributed by atoms with Crippen LogP contribution in [0, 0.1) is 11.8 Å². The highest BCUT2D eigenvalue weighted by Crippen LogP contribution is 2.60. The average Bonchev–Trinajstić information content (AvgIpc) is 3.63. The molecule has 0 saturated carbocycles. The Morgan fingerprint density at radius 2 is 1.98 bits per heavy atom. The van der Waals surface area contributed by atoms with Crippen molar-refractivity contribution in [2.24, 2.45) is 11.8 Å². The Morgan fingerprint density at radius 1 is 1.22 bits per heavy atom. The third-order valence-corrected chi connectivity index (χ3v) is 9.88. The average molecular weight is 689 g/mol. The molecular weight excluding hydrogens is 642 g/mol. The van der Waals surface area contributed by atoms with Gasteiger partial charge in [-0.15, -0.1) is 13.2 Å². The van der Waals surface area contributed by atoms with E-state index in [1.165, 1.54) is 4.90 Å². The number of esters is 1. The summed E-state index contributed by atoms with van der Waals surface area (Å²) < 4.78 is 12.7. The van der Waals surface area contributed by atoms with Crippen molar-refractivity contribution in [3.63, 3.8) is 0 Å². The molecule has 7 atom stereocenters.